The van der Waals surface area contributed by atoms with Crippen molar-refractivity contribution in [2.75, 3.05) is 13.2 Å². The lowest BCUT2D eigenvalue weighted by Crippen LogP contribution is -2.10. The fourth-order valence-electron chi connectivity index (χ4n) is 1.00. The number of ether oxygens (including phenoxy) is 1. The van der Waals surface area contributed by atoms with Gasteiger partial charge in [-0.15, -0.1) is 0 Å². The number of aliphatic carboxylic acids is 1. The number of carboxylic acids is 1. The van der Waals surface area contributed by atoms with E-state index >= 15 is 0 Å². The predicted molar refractivity (Wildman–Crippen MR) is 44.0 cm³/mol. The zero-order valence-corrected chi connectivity index (χ0v) is 7.32. The molecule has 0 aromatic carbocycles. The van der Waals surface area contributed by atoms with Gasteiger partial charge in [0.05, 0.1) is 12.5 Å². The van der Waals surface area contributed by atoms with Crippen LogP contribution in [0.15, 0.2) is 0 Å². The summed E-state index contributed by atoms with van der Waals surface area (Å²) in [5.74, 6) is -0.762. The fourth-order valence-corrected chi connectivity index (χ4v) is 1.00. The minimum absolute atomic E-state index is 0.0116. The molecule has 1 saturated heterocycles. The topological polar surface area (TPSA) is 66.8 Å². The van der Waals surface area contributed by atoms with Gasteiger partial charge < -0.3 is 14.9 Å². The number of rotatable bonds is 2. The molecule has 1 aliphatic rings. The molecule has 72 valence electrons. The second-order valence-corrected chi connectivity index (χ2v) is 2.55. The van der Waals surface area contributed by atoms with Crippen molar-refractivity contribution < 1.29 is 19.7 Å². The number of hydrogen-bond donors (Lipinski definition) is 2. The molecule has 0 spiro atoms. The zero-order valence-electron chi connectivity index (χ0n) is 7.32. The van der Waals surface area contributed by atoms with E-state index in [1.165, 1.54) is 0 Å². The van der Waals surface area contributed by atoms with Gasteiger partial charge in [0.15, 0.2) is 0 Å². The number of aliphatic hydroxyl groups excluding tert-OH is 1. The largest absolute Gasteiger partial charge is 0.481 e. The molecule has 0 aliphatic carbocycles. The summed E-state index contributed by atoms with van der Waals surface area (Å²) in [4.78, 5) is 10.1. The first-order valence-corrected chi connectivity index (χ1v) is 4.15. The summed E-state index contributed by atoms with van der Waals surface area (Å²) >= 11 is 0. The Hall–Kier alpha value is -0.610. The van der Waals surface area contributed by atoms with Gasteiger partial charge in [0.1, 0.15) is 0 Å². The van der Waals surface area contributed by atoms with Crippen LogP contribution < -0.4 is 0 Å². The highest BCUT2D eigenvalue weighted by atomic mass is 16.5. The van der Waals surface area contributed by atoms with Gasteiger partial charge in [-0.3, -0.25) is 4.79 Å². The molecule has 0 radical (unpaired) electrons. The summed E-state index contributed by atoms with van der Waals surface area (Å²) in [5.41, 5.74) is 0. The van der Waals surface area contributed by atoms with E-state index in [-0.39, 0.29) is 19.1 Å². The molecule has 0 aromatic rings. The Kier molecular flexibility index (Phi) is 6.70. The molecular formula is C8H16O4. The third kappa shape index (κ3) is 6.12. The molecular weight excluding hydrogens is 160 g/mol. The maximum absolute atomic E-state index is 10.1. The van der Waals surface area contributed by atoms with Crippen LogP contribution in [0.5, 0.6) is 0 Å². The van der Waals surface area contributed by atoms with E-state index < -0.39 is 5.97 Å². The van der Waals surface area contributed by atoms with Crippen LogP contribution in [0.4, 0.5) is 0 Å². The highest BCUT2D eigenvalue weighted by molar-refractivity contribution is 5.67. The normalized spacial score (nSPS) is 21.3. The van der Waals surface area contributed by atoms with Crippen molar-refractivity contribution in [1.29, 1.82) is 0 Å². The minimum Gasteiger partial charge on any atom is -0.481 e. The van der Waals surface area contributed by atoms with Gasteiger partial charge in [-0.25, -0.2) is 0 Å². The Bertz CT molecular complexity index is 118. The van der Waals surface area contributed by atoms with Gasteiger partial charge >= 0.3 is 5.97 Å². The number of carbonyl (C=O) groups is 1. The predicted octanol–water partition coefficient (Wildman–Crippen LogP) is 0.639. The highest BCUT2D eigenvalue weighted by Gasteiger charge is 2.17. The molecule has 0 saturated carbocycles. The average molecular weight is 176 g/mol. The average Bonchev–Trinajstić information content (AvgIpc) is 2.40. The standard InChI is InChI=1S/C6H10O3.C2H6O/c7-6(8)4-5-2-1-3-9-5;1-2-3/h5H,1-4H2,(H,7,8);3H,2H2,1H3. The van der Waals surface area contributed by atoms with Crippen LogP contribution in [-0.4, -0.2) is 35.5 Å². The summed E-state index contributed by atoms with van der Waals surface area (Å²) in [5, 5.41) is 15.9. The second kappa shape index (κ2) is 7.06. The van der Waals surface area contributed by atoms with Crippen LogP contribution in [0, 0.1) is 0 Å². The molecule has 2 N–H and O–H groups in total. The summed E-state index contributed by atoms with van der Waals surface area (Å²) in [6.45, 7) is 2.66. The van der Waals surface area contributed by atoms with Crippen LogP contribution in [0.1, 0.15) is 26.2 Å². The van der Waals surface area contributed by atoms with Gasteiger partial charge in [-0.05, 0) is 19.8 Å². The molecule has 12 heavy (non-hydrogen) atoms. The van der Waals surface area contributed by atoms with E-state index in [9.17, 15) is 4.79 Å². The highest BCUT2D eigenvalue weighted by Crippen LogP contribution is 2.14. The van der Waals surface area contributed by atoms with Crippen molar-refractivity contribution in [2.45, 2.75) is 32.3 Å². The molecule has 1 aliphatic heterocycles. The van der Waals surface area contributed by atoms with Crippen LogP contribution in [-0.2, 0) is 9.53 Å². The van der Waals surface area contributed by atoms with E-state index in [1.807, 2.05) is 0 Å². The van der Waals surface area contributed by atoms with Gasteiger partial charge in [0.25, 0.3) is 0 Å². The van der Waals surface area contributed by atoms with Gasteiger partial charge in [0.2, 0.25) is 0 Å². The van der Waals surface area contributed by atoms with E-state index in [2.05, 4.69) is 0 Å². The van der Waals surface area contributed by atoms with Crippen molar-refractivity contribution in [3.05, 3.63) is 0 Å². The first-order valence-electron chi connectivity index (χ1n) is 4.15. The third-order valence-corrected chi connectivity index (χ3v) is 1.43. The summed E-state index contributed by atoms with van der Waals surface area (Å²) in [6.07, 6.45) is 2.08. The lowest BCUT2D eigenvalue weighted by molar-refractivity contribution is -0.139. The maximum Gasteiger partial charge on any atom is 0.305 e. The van der Waals surface area contributed by atoms with E-state index in [4.69, 9.17) is 14.9 Å². The Morgan fingerprint density at radius 1 is 1.67 bits per heavy atom. The molecule has 1 unspecified atom stereocenters. The van der Waals surface area contributed by atoms with Gasteiger partial charge in [0, 0.05) is 13.2 Å². The molecule has 0 amide bonds. The molecule has 0 bridgehead atoms. The van der Waals surface area contributed by atoms with Gasteiger partial charge in [-0.2, -0.15) is 0 Å². The number of carboxylic acid groups (broad SMARTS) is 1. The van der Waals surface area contributed by atoms with E-state index in [0.29, 0.717) is 0 Å². The number of aliphatic hydroxyl groups is 1. The summed E-state index contributed by atoms with van der Waals surface area (Å²) in [7, 11) is 0. The van der Waals surface area contributed by atoms with Crippen molar-refractivity contribution >= 4 is 5.97 Å². The molecule has 1 fully saturated rings. The van der Waals surface area contributed by atoms with Crippen LogP contribution in [0.25, 0.3) is 0 Å². The van der Waals surface area contributed by atoms with Crippen molar-refractivity contribution in [3.63, 3.8) is 0 Å². The molecule has 0 aromatic heterocycles. The smallest absolute Gasteiger partial charge is 0.305 e. The van der Waals surface area contributed by atoms with Crippen molar-refractivity contribution in [3.8, 4) is 0 Å². The van der Waals surface area contributed by atoms with Crippen LogP contribution >= 0.6 is 0 Å². The Morgan fingerprint density at radius 3 is 2.58 bits per heavy atom. The lowest BCUT2D eigenvalue weighted by atomic mass is 10.2. The lowest BCUT2D eigenvalue weighted by Gasteiger charge is -2.02. The van der Waals surface area contributed by atoms with Crippen molar-refractivity contribution in [1.82, 2.24) is 0 Å². The SMILES string of the molecule is CCO.O=C(O)CC1CCCO1. The van der Waals surface area contributed by atoms with E-state index in [1.54, 1.807) is 6.92 Å². The first-order chi connectivity index (χ1) is 5.70. The maximum atomic E-state index is 10.1. The molecule has 1 heterocycles. The van der Waals surface area contributed by atoms with Gasteiger partial charge in [-0.1, -0.05) is 0 Å². The second-order valence-electron chi connectivity index (χ2n) is 2.55. The quantitative estimate of drug-likeness (QED) is 0.648. The Labute approximate surface area is 72.2 Å². The molecule has 4 heteroatoms. The Balaban J connectivity index is 0.000000354. The van der Waals surface area contributed by atoms with Crippen molar-refractivity contribution in [2.24, 2.45) is 0 Å². The molecule has 1 rings (SSSR count). The zero-order chi connectivity index (χ0) is 9.40. The van der Waals surface area contributed by atoms with Crippen LogP contribution in [0.2, 0.25) is 0 Å². The molecule has 1 atom stereocenters. The first kappa shape index (κ1) is 11.4. The summed E-state index contributed by atoms with van der Waals surface area (Å²) in [6, 6.07) is 0. The minimum atomic E-state index is -0.762. The third-order valence-electron chi connectivity index (χ3n) is 1.43. The van der Waals surface area contributed by atoms with E-state index in [0.717, 1.165) is 19.4 Å². The molecule has 4 nitrogen and oxygen atoms in total. The monoisotopic (exact) mass is 176 g/mol. The fraction of sp³-hybridized carbons (Fsp3) is 0.875. The number of hydrogen-bond acceptors (Lipinski definition) is 3. The summed E-state index contributed by atoms with van der Waals surface area (Å²) < 4.78 is 5.08. The Morgan fingerprint density at radius 2 is 2.25 bits per heavy atom. The van der Waals surface area contributed by atoms with Crippen LogP contribution in [0.3, 0.4) is 0 Å².